The van der Waals surface area contributed by atoms with E-state index in [0.717, 1.165) is 59.8 Å². The lowest BCUT2D eigenvalue weighted by molar-refractivity contribution is 0.386. The number of anilines is 2. The second-order valence-corrected chi connectivity index (χ2v) is 10.2. The van der Waals surface area contributed by atoms with Gasteiger partial charge in [-0.25, -0.2) is 23.1 Å². The zero-order chi connectivity index (χ0) is 22.1. The molecule has 164 valence electrons. The molecule has 0 spiro atoms. The maximum absolute atomic E-state index is 13.0. The van der Waals surface area contributed by atoms with E-state index in [2.05, 4.69) is 20.0 Å². The molecule has 3 rings (SSSR count). The normalized spacial score (nSPS) is 19.5. The first-order chi connectivity index (χ1) is 14.0. The molecule has 1 aliphatic rings. The van der Waals surface area contributed by atoms with Crippen LogP contribution in [-0.4, -0.2) is 44.6 Å². The molecule has 2 N–H and O–H groups in total. The van der Waals surface area contributed by atoms with E-state index in [-0.39, 0.29) is 12.1 Å². The van der Waals surface area contributed by atoms with Gasteiger partial charge in [-0.2, -0.15) is 0 Å². The molecule has 0 aliphatic heterocycles. The fraction of sp³-hybridized carbons (Fsp3) is 0.545. The molecule has 0 atom stereocenters. The summed E-state index contributed by atoms with van der Waals surface area (Å²) in [6.07, 6.45) is 3.37. The Labute approximate surface area is 180 Å². The summed E-state index contributed by atoms with van der Waals surface area (Å²) in [6, 6.07) is 6.03. The minimum atomic E-state index is -3.53. The minimum absolute atomic E-state index is 0.0439. The van der Waals surface area contributed by atoms with E-state index in [1.807, 2.05) is 64.9 Å². The molecule has 0 bridgehead atoms. The van der Waals surface area contributed by atoms with Gasteiger partial charge < -0.3 is 10.2 Å². The Hall–Kier alpha value is -2.19. The number of rotatable bonds is 6. The molecule has 8 heteroatoms. The van der Waals surface area contributed by atoms with E-state index < -0.39 is 10.0 Å². The van der Waals surface area contributed by atoms with Crippen LogP contribution in [0.25, 0.3) is 0 Å². The Bertz CT molecular complexity index is 989. The molecule has 1 saturated carbocycles. The van der Waals surface area contributed by atoms with Crippen molar-refractivity contribution in [3.05, 3.63) is 40.7 Å². The molecule has 0 saturated heterocycles. The highest BCUT2D eigenvalue weighted by Crippen LogP contribution is 2.26. The molecule has 1 heterocycles. The number of aromatic nitrogens is 2. The Balaban J connectivity index is 1.62. The van der Waals surface area contributed by atoms with Crippen LogP contribution in [0, 0.1) is 27.7 Å². The number of nitrogens with zero attached hydrogens (tertiary/aromatic N) is 3. The van der Waals surface area contributed by atoms with Crippen molar-refractivity contribution in [3.8, 4) is 0 Å². The number of sulfonamides is 1. The zero-order valence-corrected chi connectivity index (χ0v) is 19.6. The van der Waals surface area contributed by atoms with Crippen LogP contribution < -0.4 is 14.9 Å². The van der Waals surface area contributed by atoms with Gasteiger partial charge in [-0.15, -0.1) is 0 Å². The Kier molecular flexibility index (Phi) is 6.67. The third-order valence-electron chi connectivity index (χ3n) is 5.56. The van der Waals surface area contributed by atoms with Crippen molar-refractivity contribution in [2.45, 2.75) is 70.4 Å². The van der Waals surface area contributed by atoms with Crippen LogP contribution in [0.2, 0.25) is 0 Å². The van der Waals surface area contributed by atoms with Crippen molar-refractivity contribution in [2.24, 2.45) is 0 Å². The second kappa shape index (κ2) is 8.89. The van der Waals surface area contributed by atoms with Crippen molar-refractivity contribution in [2.75, 3.05) is 24.3 Å². The fourth-order valence-corrected chi connectivity index (χ4v) is 6.05. The van der Waals surface area contributed by atoms with Crippen molar-refractivity contribution in [3.63, 3.8) is 0 Å². The number of aryl methyl sites for hydroxylation is 4. The van der Waals surface area contributed by atoms with Gasteiger partial charge in [0.1, 0.15) is 17.5 Å². The summed E-state index contributed by atoms with van der Waals surface area (Å²) in [5.74, 6) is 2.42. The summed E-state index contributed by atoms with van der Waals surface area (Å²) >= 11 is 0. The lowest BCUT2D eigenvalue weighted by atomic mass is 9.92. The van der Waals surface area contributed by atoms with E-state index >= 15 is 0 Å². The minimum Gasteiger partial charge on any atom is -0.367 e. The van der Waals surface area contributed by atoms with Crippen LogP contribution in [0.3, 0.4) is 0 Å². The molecular formula is C22H33N5O2S. The molecule has 2 aromatic rings. The van der Waals surface area contributed by atoms with Crippen molar-refractivity contribution in [1.82, 2.24) is 14.7 Å². The van der Waals surface area contributed by atoms with Crippen LogP contribution in [-0.2, 0) is 10.0 Å². The zero-order valence-electron chi connectivity index (χ0n) is 18.8. The van der Waals surface area contributed by atoms with Gasteiger partial charge in [0.2, 0.25) is 10.0 Å². The molecule has 1 aromatic carbocycles. The highest BCUT2D eigenvalue weighted by Gasteiger charge is 2.28. The molecule has 1 aromatic heterocycles. The second-order valence-electron chi connectivity index (χ2n) is 8.60. The largest absolute Gasteiger partial charge is 0.367 e. The SMILES string of the molecule is Cc1cc(C)c(S(=O)(=O)NC2CCC(Nc3cc(N(C)C)nc(C)n3)CC2)c(C)c1. The van der Waals surface area contributed by atoms with E-state index in [0.29, 0.717) is 4.90 Å². The van der Waals surface area contributed by atoms with Gasteiger partial charge >= 0.3 is 0 Å². The van der Waals surface area contributed by atoms with Gasteiger partial charge in [-0.3, -0.25) is 0 Å². The molecule has 7 nitrogen and oxygen atoms in total. The average Bonchev–Trinajstić information content (AvgIpc) is 2.61. The third kappa shape index (κ3) is 5.29. The average molecular weight is 432 g/mol. The van der Waals surface area contributed by atoms with E-state index in [4.69, 9.17) is 0 Å². The summed E-state index contributed by atoms with van der Waals surface area (Å²) in [5, 5.41) is 3.50. The first-order valence-corrected chi connectivity index (χ1v) is 11.9. The summed E-state index contributed by atoms with van der Waals surface area (Å²) in [7, 11) is 0.386. The highest BCUT2D eigenvalue weighted by atomic mass is 32.2. The Morgan fingerprint density at radius 1 is 0.900 bits per heavy atom. The number of hydrogen-bond acceptors (Lipinski definition) is 6. The van der Waals surface area contributed by atoms with Crippen molar-refractivity contribution < 1.29 is 8.42 Å². The van der Waals surface area contributed by atoms with Gasteiger partial charge in [0, 0.05) is 32.2 Å². The van der Waals surface area contributed by atoms with Crippen LogP contribution in [0.5, 0.6) is 0 Å². The van der Waals surface area contributed by atoms with Crippen LogP contribution in [0.4, 0.5) is 11.6 Å². The van der Waals surface area contributed by atoms with Crippen molar-refractivity contribution >= 4 is 21.7 Å². The van der Waals surface area contributed by atoms with E-state index in [9.17, 15) is 8.42 Å². The summed E-state index contributed by atoms with van der Waals surface area (Å²) in [6.45, 7) is 7.60. The van der Waals surface area contributed by atoms with Gasteiger partial charge in [0.15, 0.2) is 0 Å². The smallest absolute Gasteiger partial charge is 0.241 e. The number of nitrogens with one attached hydrogen (secondary N) is 2. The number of benzene rings is 1. The maximum Gasteiger partial charge on any atom is 0.241 e. The van der Waals surface area contributed by atoms with E-state index in [1.54, 1.807) is 0 Å². The van der Waals surface area contributed by atoms with E-state index in [1.165, 1.54) is 0 Å². The number of hydrogen-bond donors (Lipinski definition) is 2. The van der Waals surface area contributed by atoms with Gasteiger partial charge in [-0.1, -0.05) is 17.7 Å². The first kappa shape index (κ1) is 22.5. The molecular weight excluding hydrogens is 398 g/mol. The molecule has 0 radical (unpaired) electrons. The van der Waals surface area contributed by atoms with Gasteiger partial charge in [0.05, 0.1) is 4.90 Å². The molecule has 1 aliphatic carbocycles. The quantitative estimate of drug-likeness (QED) is 0.728. The molecule has 0 amide bonds. The standard InChI is InChI=1S/C22H33N5O2S/c1-14-11-15(2)22(16(3)12-14)30(28,29)26-19-9-7-18(8-10-19)25-20-13-21(27(5)6)24-17(4)23-20/h11-13,18-19,26H,7-10H2,1-6H3,(H,23,24,25). The van der Waals surface area contributed by atoms with Gasteiger partial charge in [-0.05, 0) is 64.5 Å². The maximum atomic E-state index is 13.0. The van der Waals surface area contributed by atoms with Crippen molar-refractivity contribution in [1.29, 1.82) is 0 Å². The van der Waals surface area contributed by atoms with Crippen LogP contribution >= 0.6 is 0 Å². The monoisotopic (exact) mass is 431 g/mol. The lowest BCUT2D eigenvalue weighted by Crippen LogP contribution is -2.40. The summed E-state index contributed by atoms with van der Waals surface area (Å²) in [5.41, 5.74) is 2.67. The van der Waals surface area contributed by atoms with Crippen LogP contribution in [0.15, 0.2) is 23.1 Å². The predicted molar refractivity (Wildman–Crippen MR) is 122 cm³/mol. The molecule has 30 heavy (non-hydrogen) atoms. The molecule has 1 fully saturated rings. The van der Waals surface area contributed by atoms with Gasteiger partial charge in [0.25, 0.3) is 0 Å². The van der Waals surface area contributed by atoms with Crippen LogP contribution in [0.1, 0.15) is 48.2 Å². The molecule has 0 unspecified atom stereocenters. The summed E-state index contributed by atoms with van der Waals surface area (Å²) in [4.78, 5) is 11.3. The predicted octanol–water partition coefficient (Wildman–Crippen LogP) is 3.48. The Morgan fingerprint density at radius 3 is 2.03 bits per heavy atom. The first-order valence-electron chi connectivity index (χ1n) is 10.4. The topological polar surface area (TPSA) is 87.2 Å². The lowest BCUT2D eigenvalue weighted by Gasteiger charge is -2.30. The Morgan fingerprint density at radius 2 is 1.47 bits per heavy atom. The highest BCUT2D eigenvalue weighted by molar-refractivity contribution is 7.89. The fourth-order valence-electron chi connectivity index (χ4n) is 4.29. The summed E-state index contributed by atoms with van der Waals surface area (Å²) < 4.78 is 29.0. The third-order valence-corrected chi connectivity index (χ3v) is 7.38.